The van der Waals surface area contributed by atoms with Gasteiger partial charge in [0.2, 0.25) is 11.1 Å². The van der Waals surface area contributed by atoms with Crippen molar-refractivity contribution in [2.24, 2.45) is 0 Å². The number of para-hydroxylation sites is 2. The van der Waals surface area contributed by atoms with E-state index in [0.29, 0.717) is 22.7 Å². The Morgan fingerprint density at radius 3 is 2.92 bits per heavy atom. The lowest BCUT2D eigenvalue weighted by Crippen LogP contribution is -2.37. The summed E-state index contributed by atoms with van der Waals surface area (Å²) < 4.78 is 6.94. The van der Waals surface area contributed by atoms with Crippen LogP contribution in [0.15, 0.2) is 29.4 Å². The summed E-state index contributed by atoms with van der Waals surface area (Å²) >= 11 is 1.32. The lowest BCUT2D eigenvalue weighted by molar-refractivity contribution is -0.119. The average Bonchev–Trinajstić information content (AvgIpc) is 3.09. The molecule has 7 nitrogen and oxygen atoms in total. The highest BCUT2D eigenvalue weighted by atomic mass is 32.2. The minimum atomic E-state index is 0.0291. The van der Waals surface area contributed by atoms with Crippen LogP contribution in [0.3, 0.4) is 0 Å². The first-order valence-corrected chi connectivity index (χ1v) is 9.10. The molecule has 1 N–H and O–H groups in total. The van der Waals surface area contributed by atoms with Crippen molar-refractivity contribution in [3.8, 4) is 11.4 Å². The van der Waals surface area contributed by atoms with Gasteiger partial charge in [-0.3, -0.25) is 4.79 Å². The number of thioether (sulfide) groups is 1. The molecule has 0 bridgehead atoms. The summed E-state index contributed by atoms with van der Waals surface area (Å²) in [7, 11) is 1.60. The maximum Gasteiger partial charge on any atom is 0.230 e. The molecule has 0 spiro atoms. The van der Waals surface area contributed by atoms with Crippen LogP contribution in [-0.4, -0.2) is 45.0 Å². The van der Waals surface area contributed by atoms with Crippen molar-refractivity contribution < 1.29 is 9.53 Å². The van der Waals surface area contributed by atoms with Crippen LogP contribution in [0.1, 0.15) is 32.1 Å². The van der Waals surface area contributed by atoms with Crippen molar-refractivity contribution in [1.29, 1.82) is 0 Å². The average molecular weight is 347 g/mol. The molecular weight excluding hydrogens is 326 g/mol. The van der Waals surface area contributed by atoms with Gasteiger partial charge in [0.15, 0.2) is 0 Å². The number of methoxy groups -OCH3 is 1. The quantitative estimate of drug-likeness (QED) is 0.807. The van der Waals surface area contributed by atoms with Gasteiger partial charge in [0, 0.05) is 6.04 Å². The number of ether oxygens (including phenoxy) is 1. The van der Waals surface area contributed by atoms with Gasteiger partial charge in [-0.1, -0.05) is 43.2 Å². The number of carbonyl (C=O) groups is 1. The molecule has 2 aromatic rings. The number of rotatable bonds is 6. The summed E-state index contributed by atoms with van der Waals surface area (Å²) in [5.41, 5.74) is 0.750. The van der Waals surface area contributed by atoms with Crippen LogP contribution >= 0.6 is 11.8 Å². The predicted molar refractivity (Wildman–Crippen MR) is 91.4 cm³/mol. The summed E-state index contributed by atoms with van der Waals surface area (Å²) in [6.45, 7) is 0. The van der Waals surface area contributed by atoms with Gasteiger partial charge in [-0.25, -0.2) is 0 Å². The van der Waals surface area contributed by atoms with E-state index >= 15 is 0 Å². The van der Waals surface area contributed by atoms with Crippen LogP contribution < -0.4 is 10.1 Å². The second-order valence-electron chi connectivity index (χ2n) is 5.74. The second kappa shape index (κ2) is 8.14. The van der Waals surface area contributed by atoms with Gasteiger partial charge >= 0.3 is 0 Å². The maximum atomic E-state index is 12.1. The van der Waals surface area contributed by atoms with Crippen LogP contribution in [0.5, 0.6) is 5.75 Å². The Morgan fingerprint density at radius 2 is 2.12 bits per heavy atom. The van der Waals surface area contributed by atoms with Gasteiger partial charge in [-0.15, -0.1) is 5.10 Å². The summed E-state index contributed by atoms with van der Waals surface area (Å²) in [6.07, 6.45) is 5.83. The van der Waals surface area contributed by atoms with Crippen molar-refractivity contribution in [1.82, 2.24) is 25.5 Å². The molecule has 1 amide bonds. The van der Waals surface area contributed by atoms with E-state index < -0.39 is 0 Å². The van der Waals surface area contributed by atoms with Crippen LogP contribution in [0.25, 0.3) is 5.69 Å². The lowest BCUT2D eigenvalue weighted by atomic mass is 9.95. The highest BCUT2D eigenvalue weighted by Crippen LogP contribution is 2.25. The number of tetrazole rings is 1. The molecule has 3 rings (SSSR count). The van der Waals surface area contributed by atoms with E-state index in [9.17, 15) is 4.79 Å². The van der Waals surface area contributed by atoms with Gasteiger partial charge in [-0.05, 0) is 35.4 Å². The molecule has 1 aliphatic rings. The molecule has 1 aliphatic carbocycles. The van der Waals surface area contributed by atoms with Crippen LogP contribution in [0, 0.1) is 0 Å². The molecule has 1 aromatic carbocycles. The number of hydrogen-bond acceptors (Lipinski definition) is 6. The fourth-order valence-electron chi connectivity index (χ4n) is 2.87. The third-order valence-electron chi connectivity index (χ3n) is 4.06. The summed E-state index contributed by atoms with van der Waals surface area (Å²) in [5, 5.41) is 15.4. The molecule has 0 radical (unpaired) electrons. The monoisotopic (exact) mass is 347 g/mol. The van der Waals surface area contributed by atoms with Crippen LogP contribution in [-0.2, 0) is 4.79 Å². The highest BCUT2D eigenvalue weighted by molar-refractivity contribution is 7.99. The number of amides is 1. The normalized spacial score (nSPS) is 15.2. The smallest absolute Gasteiger partial charge is 0.230 e. The molecule has 0 unspecified atom stereocenters. The van der Waals surface area contributed by atoms with Gasteiger partial charge in [-0.2, -0.15) is 4.68 Å². The maximum absolute atomic E-state index is 12.1. The van der Waals surface area contributed by atoms with Crippen molar-refractivity contribution in [3.63, 3.8) is 0 Å². The first-order chi connectivity index (χ1) is 11.8. The molecule has 0 aliphatic heterocycles. The molecule has 1 saturated carbocycles. The minimum absolute atomic E-state index is 0.0291. The number of carbonyl (C=O) groups excluding carboxylic acids is 1. The Labute approximate surface area is 145 Å². The number of hydrogen-bond donors (Lipinski definition) is 1. The molecule has 1 heterocycles. The van der Waals surface area contributed by atoms with E-state index in [4.69, 9.17) is 4.74 Å². The van der Waals surface area contributed by atoms with E-state index in [1.54, 1.807) is 11.8 Å². The second-order valence-corrected chi connectivity index (χ2v) is 6.68. The molecule has 8 heteroatoms. The van der Waals surface area contributed by atoms with Crippen molar-refractivity contribution >= 4 is 17.7 Å². The third-order valence-corrected chi connectivity index (χ3v) is 4.98. The summed E-state index contributed by atoms with van der Waals surface area (Å²) in [6, 6.07) is 7.82. The minimum Gasteiger partial charge on any atom is -0.494 e. The van der Waals surface area contributed by atoms with Gasteiger partial charge in [0.25, 0.3) is 0 Å². The number of nitrogens with zero attached hydrogens (tertiary/aromatic N) is 4. The Balaban J connectivity index is 1.62. The zero-order valence-corrected chi connectivity index (χ0v) is 14.5. The molecule has 128 valence electrons. The predicted octanol–water partition coefficient (Wildman–Crippen LogP) is 2.21. The largest absolute Gasteiger partial charge is 0.494 e. The van der Waals surface area contributed by atoms with Crippen molar-refractivity contribution in [2.75, 3.05) is 12.9 Å². The van der Waals surface area contributed by atoms with Crippen LogP contribution in [0.4, 0.5) is 0 Å². The van der Waals surface area contributed by atoms with Gasteiger partial charge in [0.1, 0.15) is 11.4 Å². The van der Waals surface area contributed by atoms with Crippen LogP contribution in [0.2, 0.25) is 0 Å². The molecule has 0 saturated heterocycles. The molecule has 0 atom stereocenters. The summed E-state index contributed by atoms with van der Waals surface area (Å²) in [5.74, 6) is 1.01. The standard InChI is InChI=1S/C16H21N5O2S/c1-23-14-10-6-5-9-13(14)21-16(18-19-20-21)24-11-15(22)17-12-7-3-2-4-8-12/h5-6,9-10,12H,2-4,7-8,11H2,1H3,(H,17,22). The van der Waals surface area contributed by atoms with Crippen molar-refractivity contribution in [3.05, 3.63) is 24.3 Å². The van der Waals surface area contributed by atoms with Gasteiger partial charge in [0.05, 0.1) is 12.9 Å². The fourth-order valence-corrected chi connectivity index (χ4v) is 3.57. The Morgan fingerprint density at radius 1 is 1.33 bits per heavy atom. The van der Waals surface area contributed by atoms with Crippen molar-refractivity contribution in [2.45, 2.75) is 43.3 Å². The zero-order valence-electron chi connectivity index (χ0n) is 13.6. The summed E-state index contributed by atoms with van der Waals surface area (Å²) in [4.78, 5) is 12.1. The first kappa shape index (κ1) is 16.8. The first-order valence-electron chi connectivity index (χ1n) is 8.12. The number of benzene rings is 1. The lowest BCUT2D eigenvalue weighted by Gasteiger charge is -2.22. The van der Waals surface area contributed by atoms with E-state index in [1.165, 1.54) is 31.0 Å². The van der Waals surface area contributed by atoms with E-state index in [0.717, 1.165) is 18.5 Å². The zero-order chi connectivity index (χ0) is 16.8. The van der Waals surface area contributed by atoms with Gasteiger partial charge < -0.3 is 10.1 Å². The number of aromatic nitrogens is 4. The Hall–Kier alpha value is -2.09. The Bertz CT molecular complexity index is 685. The van der Waals surface area contributed by atoms with E-state index in [2.05, 4.69) is 20.8 Å². The highest BCUT2D eigenvalue weighted by Gasteiger charge is 2.18. The van der Waals surface area contributed by atoms with E-state index in [-0.39, 0.29) is 5.91 Å². The molecular formula is C16H21N5O2S. The SMILES string of the molecule is COc1ccccc1-n1nnnc1SCC(=O)NC1CCCCC1. The number of nitrogens with one attached hydrogen (secondary N) is 1. The molecule has 24 heavy (non-hydrogen) atoms. The topological polar surface area (TPSA) is 81.9 Å². The molecule has 1 fully saturated rings. The molecule has 1 aromatic heterocycles. The third kappa shape index (κ3) is 4.05. The van der Waals surface area contributed by atoms with E-state index in [1.807, 2.05) is 24.3 Å². The fraction of sp³-hybridized carbons (Fsp3) is 0.500. The Kier molecular flexibility index (Phi) is 5.68.